The second kappa shape index (κ2) is 8.59. The molecule has 8 heteroatoms. The van der Waals surface area contributed by atoms with Crippen LogP contribution in [-0.4, -0.2) is 28.1 Å². The molecule has 156 valence electrons. The number of carbonyl (C=O) groups is 2. The van der Waals surface area contributed by atoms with Crippen molar-refractivity contribution in [3.05, 3.63) is 74.1 Å². The molecule has 0 aliphatic heterocycles. The number of aryl methyl sites for hydroxylation is 2. The molecule has 0 saturated carbocycles. The minimum absolute atomic E-state index is 0.0564. The Balaban J connectivity index is 1.83. The summed E-state index contributed by atoms with van der Waals surface area (Å²) in [6, 6.07) is 8.60. The number of aromatic hydroxyl groups is 1. The van der Waals surface area contributed by atoms with Crippen molar-refractivity contribution in [2.24, 2.45) is 0 Å². The molecule has 2 aromatic carbocycles. The van der Waals surface area contributed by atoms with Gasteiger partial charge in [0.25, 0.3) is 0 Å². The van der Waals surface area contributed by atoms with E-state index >= 15 is 0 Å². The van der Waals surface area contributed by atoms with Crippen LogP contribution in [0, 0.1) is 13.8 Å². The molecule has 3 N–H and O–H groups in total. The molecule has 1 atom stereocenters. The fourth-order valence-corrected chi connectivity index (χ4v) is 3.45. The van der Waals surface area contributed by atoms with E-state index in [1.54, 1.807) is 44.2 Å². The number of nitrogens with one attached hydrogen (secondary N) is 1. The smallest absolute Gasteiger partial charge is 0.340 e. The van der Waals surface area contributed by atoms with Gasteiger partial charge in [0.2, 0.25) is 5.91 Å². The molecule has 1 amide bonds. The van der Waals surface area contributed by atoms with Crippen LogP contribution in [0.5, 0.6) is 5.75 Å². The number of hydrogen-bond donors (Lipinski definition) is 3. The average molecular weight is 430 g/mol. The fraction of sp³-hybridized carbons (Fsp3) is 0.227. The van der Waals surface area contributed by atoms with Crippen molar-refractivity contribution >= 4 is 34.4 Å². The summed E-state index contributed by atoms with van der Waals surface area (Å²) in [6.07, 6.45) is -0.314. The zero-order valence-electron chi connectivity index (χ0n) is 16.4. The van der Waals surface area contributed by atoms with E-state index < -0.39 is 23.5 Å². The second-order valence-corrected chi connectivity index (χ2v) is 7.55. The summed E-state index contributed by atoms with van der Waals surface area (Å²) in [5.41, 5.74) is 1.41. The third-order valence-electron chi connectivity index (χ3n) is 4.83. The van der Waals surface area contributed by atoms with Crippen LogP contribution in [0.4, 0.5) is 0 Å². The van der Waals surface area contributed by atoms with Gasteiger partial charge in [0.05, 0.1) is 17.4 Å². The number of benzene rings is 2. The quantitative estimate of drug-likeness (QED) is 0.518. The highest BCUT2D eigenvalue weighted by Crippen LogP contribution is 2.29. The number of amides is 1. The number of hydrogen-bond acceptors (Lipinski definition) is 5. The van der Waals surface area contributed by atoms with E-state index in [0.29, 0.717) is 21.5 Å². The third kappa shape index (κ3) is 4.63. The Morgan fingerprint density at radius 2 is 1.83 bits per heavy atom. The largest absolute Gasteiger partial charge is 0.507 e. The number of carboxylic acids is 1. The maximum Gasteiger partial charge on any atom is 0.340 e. The zero-order chi connectivity index (χ0) is 22.0. The summed E-state index contributed by atoms with van der Waals surface area (Å²) in [5, 5.41) is 23.0. The Hall–Kier alpha value is -3.32. The van der Waals surface area contributed by atoms with Gasteiger partial charge in [-0.25, -0.2) is 9.59 Å². The monoisotopic (exact) mass is 429 g/mol. The SMILES string of the molecule is Cc1cc(O)c2c(C)c(CC(=O)N[C@@H](Cc3ccc(Cl)cc3)C(=O)O)c(=O)oc2c1. The molecule has 0 bridgehead atoms. The molecule has 0 aliphatic carbocycles. The maximum absolute atomic E-state index is 12.5. The Morgan fingerprint density at radius 3 is 2.47 bits per heavy atom. The first-order chi connectivity index (χ1) is 14.2. The van der Waals surface area contributed by atoms with Gasteiger partial charge < -0.3 is 19.9 Å². The fourth-order valence-electron chi connectivity index (χ4n) is 3.32. The summed E-state index contributed by atoms with van der Waals surface area (Å²) in [5.74, 6) is -1.90. The lowest BCUT2D eigenvalue weighted by Gasteiger charge is -2.15. The van der Waals surface area contributed by atoms with Gasteiger partial charge in [-0.3, -0.25) is 4.79 Å². The summed E-state index contributed by atoms with van der Waals surface area (Å²) in [4.78, 5) is 36.5. The molecule has 3 rings (SSSR count). The third-order valence-corrected chi connectivity index (χ3v) is 5.08. The van der Waals surface area contributed by atoms with Gasteiger partial charge in [-0.2, -0.15) is 0 Å². The van der Waals surface area contributed by atoms with Gasteiger partial charge >= 0.3 is 11.6 Å². The molecule has 0 spiro atoms. The predicted molar refractivity (Wildman–Crippen MR) is 112 cm³/mol. The Bertz CT molecular complexity index is 1180. The van der Waals surface area contributed by atoms with Crippen LogP contribution in [0.3, 0.4) is 0 Å². The molecule has 7 nitrogen and oxygen atoms in total. The number of carbonyl (C=O) groups excluding carboxylic acids is 1. The number of fused-ring (bicyclic) bond motifs is 1. The van der Waals surface area contributed by atoms with Crippen LogP contribution in [0.25, 0.3) is 11.0 Å². The number of phenols is 1. The number of phenolic OH excluding ortho intramolecular Hbond substituents is 1. The molecule has 0 unspecified atom stereocenters. The molecule has 3 aromatic rings. The summed E-state index contributed by atoms with van der Waals surface area (Å²) in [6.45, 7) is 3.36. The van der Waals surface area contributed by atoms with Crippen molar-refractivity contribution < 1.29 is 24.2 Å². The van der Waals surface area contributed by atoms with Gasteiger partial charge in [-0.15, -0.1) is 0 Å². The van der Waals surface area contributed by atoms with Crippen LogP contribution in [-0.2, 0) is 22.4 Å². The molecule has 1 aromatic heterocycles. The Morgan fingerprint density at radius 1 is 1.17 bits per heavy atom. The first-order valence-electron chi connectivity index (χ1n) is 9.18. The van der Waals surface area contributed by atoms with Crippen molar-refractivity contribution in [2.75, 3.05) is 0 Å². The predicted octanol–water partition coefficient (Wildman–Crippen LogP) is 3.12. The van der Waals surface area contributed by atoms with E-state index in [-0.39, 0.29) is 29.7 Å². The van der Waals surface area contributed by atoms with E-state index in [4.69, 9.17) is 16.0 Å². The van der Waals surface area contributed by atoms with Gasteiger partial charge in [0.1, 0.15) is 17.4 Å². The molecule has 0 fully saturated rings. The minimum Gasteiger partial charge on any atom is -0.507 e. The molecule has 0 radical (unpaired) electrons. The highest BCUT2D eigenvalue weighted by Gasteiger charge is 2.23. The molecule has 30 heavy (non-hydrogen) atoms. The lowest BCUT2D eigenvalue weighted by atomic mass is 10.0. The standard InChI is InChI=1S/C22H20ClNO6/c1-11-7-17(25)20-12(2)15(22(29)30-18(20)8-11)10-19(26)24-16(21(27)28)9-13-3-5-14(23)6-4-13/h3-8,16,25H,9-10H2,1-2H3,(H,24,26)(H,27,28)/t16-/m0/s1. The van der Waals surface area contributed by atoms with Crippen LogP contribution < -0.4 is 10.9 Å². The van der Waals surface area contributed by atoms with Gasteiger partial charge in [-0.05, 0) is 54.8 Å². The highest BCUT2D eigenvalue weighted by atomic mass is 35.5. The van der Waals surface area contributed by atoms with E-state index in [9.17, 15) is 24.6 Å². The van der Waals surface area contributed by atoms with Crippen molar-refractivity contribution in [1.82, 2.24) is 5.32 Å². The van der Waals surface area contributed by atoms with Crippen LogP contribution in [0.1, 0.15) is 22.3 Å². The first kappa shape index (κ1) is 21.4. The topological polar surface area (TPSA) is 117 Å². The molecule has 0 saturated heterocycles. The number of rotatable bonds is 6. The molecule has 1 heterocycles. The number of aliphatic carboxylic acids is 1. The highest BCUT2D eigenvalue weighted by molar-refractivity contribution is 6.30. The zero-order valence-corrected chi connectivity index (χ0v) is 17.1. The summed E-state index contributed by atoms with van der Waals surface area (Å²) in [7, 11) is 0. The minimum atomic E-state index is -1.20. The molecular formula is C22H20ClNO6. The van der Waals surface area contributed by atoms with Gasteiger partial charge in [0.15, 0.2) is 0 Å². The summed E-state index contributed by atoms with van der Waals surface area (Å²) < 4.78 is 5.27. The first-order valence-corrected chi connectivity index (χ1v) is 9.56. The number of halogens is 1. The Kier molecular flexibility index (Phi) is 6.12. The van der Waals surface area contributed by atoms with Gasteiger partial charge in [-0.1, -0.05) is 23.7 Å². The van der Waals surface area contributed by atoms with Gasteiger partial charge in [0, 0.05) is 11.4 Å². The lowest BCUT2D eigenvalue weighted by Crippen LogP contribution is -2.43. The van der Waals surface area contributed by atoms with Crippen molar-refractivity contribution in [2.45, 2.75) is 32.7 Å². The molecular weight excluding hydrogens is 410 g/mol. The van der Waals surface area contributed by atoms with Crippen molar-refractivity contribution in [3.63, 3.8) is 0 Å². The number of carboxylic acid groups (broad SMARTS) is 1. The Labute approximate surface area is 176 Å². The van der Waals surface area contributed by atoms with Crippen LogP contribution in [0.15, 0.2) is 45.6 Å². The van der Waals surface area contributed by atoms with Crippen LogP contribution >= 0.6 is 11.6 Å². The second-order valence-electron chi connectivity index (χ2n) is 7.12. The van der Waals surface area contributed by atoms with Crippen molar-refractivity contribution in [1.29, 1.82) is 0 Å². The lowest BCUT2D eigenvalue weighted by molar-refractivity contribution is -0.141. The maximum atomic E-state index is 12.5. The normalized spacial score (nSPS) is 12.0. The van der Waals surface area contributed by atoms with E-state index in [2.05, 4.69) is 5.32 Å². The van der Waals surface area contributed by atoms with Crippen molar-refractivity contribution in [3.8, 4) is 5.75 Å². The van der Waals surface area contributed by atoms with E-state index in [1.165, 1.54) is 6.07 Å². The average Bonchev–Trinajstić information content (AvgIpc) is 2.65. The van der Waals surface area contributed by atoms with Crippen LogP contribution in [0.2, 0.25) is 5.02 Å². The van der Waals surface area contributed by atoms with E-state index in [0.717, 1.165) is 5.56 Å². The van der Waals surface area contributed by atoms with E-state index in [1.807, 2.05) is 0 Å². The summed E-state index contributed by atoms with van der Waals surface area (Å²) >= 11 is 5.83. The molecule has 0 aliphatic rings.